The predicted octanol–water partition coefficient (Wildman–Crippen LogP) is 0.628. The third-order valence-electron chi connectivity index (χ3n) is 3.63. The van der Waals surface area contributed by atoms with E-state index in [9.17, 15) is 18.0 Å². The molecule has 1 saturated heterocycles. The summed E-state index contributed by atoms with van der Waals surface area (Å²) in [5.41, 5.74) is 0.0392. The van der Waals surface area contributed by atoms with Crippen LogP contribution in [0.5, 0.6) is 0 Å². The molecule has 0 aliphatic carbocycles. The van der Waals surface area contributed by atoms with Gasteiger partial charge in [-0.15, -0.1) is 0 Å². The molecular weight excluding hydrogens is 308 g/mol. The summed E-state index contributed by atoms with van der Waals surface area (Å²) < 4.78 is 26.3. The summed E-state index contributed by atoms with van der Waals surface area (Å²) in [5, 5.41) is 8.83. The fraction of sp³-hybridized carbons (Fsp3) is 0.429. The van der Waals surface area contributed by atoms with Crippen molar-refractivity contribution in [2.75, 3.05) is 26.2 Å². The van der Waals surface area contributed by atoms with Crippen LogP contribution in [0.15, 0.2) is 29.2 Å². The van der Waals surface area contributed by atoms with Gasteiger partial charge in [-0.25, -0.2) is 13.2 Å². The number of carbonyl (C=O) groups is 2. The Morgan fingerprint density at radius 1 is 1.09 bits per heavy atom. The van der Waals surface area contributed by atoms with Gasteiger partial charge in [0, 0.05) is 32.6 Å². The van der Waals surface area contributed by atoms with Crippen molar-refractivity contribution in [3.05, 3.63) is 29.8 Å². The molecule has 2 rings (SSSR count). The first kappa shape index (κ1) is 16.4. The van der Waals surface area contributed by atoms with Gasteiger partial charge >= 0.3 is 5.97 Å². The van der Waals surface area contributed by atoms with Crippen molar-refractivity contribution < 1.29 is 23.1 Å². The maximum atomic E-state index is 12.5. The van der Waals surface area contributed by atoms with Gasteiger partial charge in [0.15, 0.2) is 0 Å². The van der Waals surface area contributed by atoms with Crippen LogP contribution in [0, 0.1) is 0 Å². The smallest absolute Gasteiger partial charge is 0.335 e. The molecule has 0 radical (unpaired) electrons. The van der Waals surface area contributed by atoms with Gasteiger partial charge in [-0.2, -0.15) is 4.31 Å². The average molecular weight is 326 g/mol. The van der Waals surface area contributed by atoms with Crippen LogP contribution in [0.2, 0.25) is 0 Å². The summed E-state index contributed by atoms with van der Waals surface area (Å²) in [6, 6.07) is 5.13. The van der Waals surface area contributed by atoms with E-state index >= 15 is 0 Å². The molecule has 0 saturated carbocycles. The number of rotatable bonds is 4. The van der Waals surface area contributed by atoms with Crippen molar-refractivity contribution in [1.29, 1.82) is 0 Å². The molecule has 0 aromatic heterocycles. The average Bonchev–Trinajstić information content (AvgIpc) is 2.54. The van der Waals surface area contributed by atoms with Crippen molar-refractivity contribution in [2.24, 2.45) is 0 Å². The fourth-order valence-electron chi connectivity index (χ4n) is 2.32. The van der Waals surface area contributed by atoms with Crippen LogP contribution >= 0.6 is 0 Å². The van der Waals surface area contributed by atoms with E-state index in [1.807, 2.05) is 0 Å². The number of carboxylic acid groups (broad SMARTS) is 1. The first-order valence-electron chi connectivity index (χ1n) is 6.97. The summed E-state index contributed by atoms with van der Waals surface area (Å²) in [4.78, 5) is 24.1. The lowest BCUT2D eigenvalue weighted by atomic mass is 10.2. The molecule has 0 bridgehead atoms. The van der Waals surface area contributed by atoms with Gasteiger partial charge in [0.1, 0.15) is 0 Å². The topological polar surface area (TPSA) is 95.0 Å². The highest BCUT2D eigenvalue weighted by Gasteiger charge is 2.29. The summed E-state index contributed by atoms with van der Waals surface area (Å²) in [5.74, 6) is -1.08. The molecule has 22 heavy (non-hydrogen) atoms. The van der Waals surface area contributed by atoms with E-state index in [4.69, 9.17) is 5.11 Å². The molecule has 1 aromatic rings. The standard InChI is InChI=1S/C14H18N2O5S/c1-2-13(17)15-7-9-16(10-8-15)22(20,21)12-5-3-11(4-6-12)14(18)19/h3-6H,2,7-10H2,1H3,(H,18,19). The van der Waals surface area contributed by atoms with Crippen molar-refractivity contribution in [2.45, 2.75) is 18.2 Å². The number of hydrogen-bond donors (Lipinski definition) is 1. The molecule has 1 aliphatic heterocycles. The van der Waals surface area contributed by atoms with Gasteiger partial charge in [0.2, 0.25) is 15.9 Å². The summed E-state index contributed by atoms with van der Waals surface area (Å²) >= 11 is 0. The first-order valence-corrected chi connectivity index (χ1v) is 8.41. The van der Waals surface area contributed by atoms with Crippen molar-refractivity contribution in [3.8, 4) is 0 Å². The molecule has 8 heteroatoms. The fourth-order valence-corrected chi connectivity index (χ4v) is 3.74. The largest absolute Gasteiger partial charge is 0.478 e. The molecular formula is C14H18N2O5S. The number of carbonyl (C=O) groups excluding carboxylic acids is 1. The number of sulfonamides is 1. The Hall–Kier alpha value is -1.93. The highest BCUT2D eigenvalue weighted by Crippen LogP contribution is 2.18. The monoisotopic (exact) mass is 326 g/mol. The molecule has 120 valence electrons. The van der Waals surface area contributed by atoms with Gasteiger partial charge in [-0.1, -0.05) is 6.92 Å². The highest BCUT2D eigenvalue weighted by atomic mass is 32.2. The minimum absolute atomic E-state index is 0.0165. The van der Waals surface area contributed by atoms with E-state index in [1.165, 1.54) is 28.6 Å². The number of carboxylic acids is 1. The summed E-state index contributed by atoms with van der Waals surface area (Å²) in [7, 11) is -3.66. The number of aromatic carboxylic acids is 1. The molecule has 1 heterocycles. The second-order valence-electron chi connectivity index (χ2n) is 4.97. The Morgan fingerprint density at radius 3 is 2.09 bits per heavy atom. The van der Waals surface area contributed by atoms with Crippen LogP contribution in [0.25, 0.3) is 0 Å². The lowest BCUT2D eigenvalue weighted by molar-refractivity contribution is -0.132. The molecule has 0 spiro atoms. The summed E-state index contributed by atoms with van der Waals surface area (Å²) in [6.45, 7) is 3.01. The molecule has 1 amide bonds. The van der Waals surface area contributed by atoms with Crippen molar-refractivity contribution in [3.63, 3.8) is 0 Å². The Balaban J connectivity index is 2.11. The number of amides is 1. The maximum absolute atomic E-state index is 12.5. The second kappa shape index (κ2) is 6.45. The van der Waals surface area contributed by atoms with E-state index in [2.05, 4.69) is 0 Å². The minimum atomic E-state index is -3.66. The zero-order valence-corrected chi connectivity index (χ0v) is 13.0. The number of piperazine rings is 1. The molecule has 1 N–H and O–H groups in total. The van der Waals surface area contributed by atoms with Gasteiger partial charge in [0.25, 0.3) is 0 Å². The van der Waals surface area contributed by atoms with E-state index in [-0.39, 0.29) is 29.5 Å². The number of hydrogen-bond acceptors (Lipinski definition) is 4. The number of nitrogens with zero attached hydrogens (tertiary/aromatic N) is 2. The second-order valence-corrected chi connectivity index (χ2v) is 6.91. The van der Waals surface area contributed by atoms with Gasteiger partial charge in [-0.05, 0) is 24.3 Å². The van der Waals surface area contributed by atoms with Crippen molar-refractivity contribution >= 4 is 21.9 Å². The van der Waals surface area contributed by atoms with Gasteiger partial charge < -0.3 is 10.0 Å². The predicted molar refractivity (Wildman–Crippen MR) is 79.0 cm³/mol. The molecule has 0 unspecified atom stereocenters. The normalized spacial score (nSPS) is 16.5. The van der Waals surface area contributed by atoms with Crippen LogP contribution in [0.4, 0.5) is 0 Å². The third kappa shape index (κ3) is 3.28. The maximum Gasteiger partial charge on any atom is 0.335 e. The lowest BCUT2D eigenvalue weighted by Crippen LogP contribution is -2.50. The first-order chi connectivity index (χ1) is 10.4. The third-order valence-corrected chi connectivity index (χ3v) is 5.55. The molecule has 1 aliphatic rings. The van der Waals surface area contributed by atoms with E-state index in [1.54, 1.807) is 11.8 Å². The zero-order chi connectivity index (χ0) is 16.3. The van der Waals surface area contributed by atoms with Crippen LogP contribution in [0.1, 0.15) is 23.7 Å². The van der Waals surface area contributed by atoms with Crippen molar-refractivity contribution in [1.82, 2.24) is 9.21 Å². The van der Waals surface area contributed by atoms with Crippen LogP contribution < -0.4 is 0 Å². The molecule has 1 aromatic carbocycles. The van der Waals surface area contributed by atoms with Gasteiger partial charge in [-0.3, -0.25) is 4.79 Å². The quantitative estimate of drug-likeness (QED) is 0.875. The van der Waals surface area contributed by atoms with E-state index < -0.39 is 16.0 Å². The Labute approximate surface area is 129 Å². The Kier molecular flexibility index (Phi) is 4.82. The highest BCUT2D eigenvalue weighted by molar-refractivity contribution is 7.89. The Bertz CT molecular complexity index is 661. The minimum Gasteiger partial charge on any atom is -0.478 e. The van der Waals surface area contributed by atoms with E-state index in [0.717, 1.165) is 0 Å². The van der Waals surface area contributed by atoms with Crippen LogP contribution in [-0.4, -0.2) is 60.8 Å². The zero-order valence-electron chi connectivity index (χ0n) is 12.2. The van der Waals surface area contributed by atoms with E-state index in [0.29, 0.717) is 19.5 Å². The molecule has 0 atom stereocenters. The number of benzene rings is 1. The lowest BCUT2D eigenvalue weighted by Gasteiger charge is -2.33. The Morgan fingerprint density at radius 2 is 1.64 bits per heavy atom. The molecule has 7 nitrogen and oxygen atoms in total. The SMILES string of the molecule is CCC(=O)N1CCN(S(=O)(=O)c2ccc(C(=O)O)cc2)CC1. The van der Waals surface area contributed by atoms with Crippen LogP contribution in [0.3, 0.4) is 0 Å². The van der Waals surface area contributed by atoms with Gasteiger partial charge in [0.05, 0.1) is 10.5 Å². The molecule has 1 fully saturated rings. The summed E-state index contributed by atoms with van der Waals surface area (Å²) in [6.07, 6.45) is 0.406. The van der Waals surface area contributed by atoms with Crippen LogP contribution in [-0.2, 0) is 14.8 Å².